The van der Waals surface area contributed by atoms with Crippen LogP contribution in [0.15, 0.2) is 6.07 Å². The van der Waals surface area contributed by atoms with Crippen LogP contribution in [0.3, 0.4) is 0 Å². The molecule has 0 saturated carbocycles. The quantitative estimate of drug-likeness (QED) is 0.726. The molecule has 1 heterocycles. The van der Waals surface area contributed by atoms with Crippen molar-refractivity contribution in [3.63, 3.8) is 0 Å². The molecule has 0 saturated heterocycles. The zero-order valence-corrected chi connectivity index (χ0v) is 13.0. The fourth-order valence-corrected chi connectivity index (χ4v) is 4.15. The molecule has 1 aliphatic rings. The van der Waals surface area contributed by atoms with Crippen LogP contribution in [0.1, 0.15) is 62.4 Å². The number of hydrogen-bond donors (Lipinski definition) is 1. The van der Waals surface area contributed by atoms with Gasteiger partial charge in [-0.2, -0.15) is 0 Å². The maximum atomic E-state index is 6.09. The lowest BCUT2D eigenvalue weighted by atomic mass is 9.98. The van der Waals surface area contributed by atoms with Crippen LogP contribution in [0.2, 0.25) is 4.34 Å². The van der Waals surface area contributed by atoms with Gasteiger partial charge in [-0.05, 0) is 43.4 Å². The summed E-state index contributed by atoms with van der Waals surface area (Å²) in [5.74, 6) is 0.836. The number of hydrogen-bond acceptors (Lipinski definition) is 2. The number of nitrogens with one attached hydrogen (secondary N) is 1. The lowest BCUT2D eigenvalue weighted by Crippen LogP contribution is -2.25. The highest BCUT2D eigenvalue weighted by Gasteiger charge is 2.25. The lowest BCUT2D eigenvalue weighted by molar-refractivity contribution is 0.389. The molecule has 102 valence electrons. The molecule has 1 N–H and O–H groups in total. The maximum absolute atomic E-state index is 6.09. The van der Waals surface area contributed by atoms with Gasteiger partial charge in [0.1, 0.15) is 0 Å². The second kappa shape index (κ2) is 6.93. The molecule has 0 fully saturated rings. The van der Waals surface area contributed by atoms with E-state index in [4.69, 9.17) is 11.6 Å². The first-order chi connectivity index (χ1) is 8.74. The molecule has 1 nitrogen and oxygen atoms in total. The van der Waals surface area contributed by atoms with Crippen molar-refractivity contribution in [2.24, 2.45) is 5.92 Å². The molecule has 0 spiro atoms. The Hall–Kier alpha value is -0.0500. The van der Waals surface area contributed by atoms with Crippen LogP contribution in [0, 0.1) is 5.92 Å². The second-order valence-corrected chi connectivity index (χ2v) is 7.11. The summed E-state index contributed by atoms with van der Waals surface area (Å²) >= 11 is 7.85. The van der Waals surface area contributed by atoms with Gasteiger partial charge >= 0.3 is 0 Å². The van der Waals surface area contributed by atoms with Gasteiger partial charge in [-0.1, -0.05) is 44.7 Å². The van der Waals surface area contributed by atoms with E-state index in [1.165, 1.54) is 49.0 Å². The summed E-state index contributed by atoms with van der Waals surface area (Å²) in [6, 6.07) is 2.72. The van der Waals surface area contributed by atoms with Crippen molar-refractivity contribution >= 4 is 22.9 Å². The standard InChI is InChI=1S/C15H24ClNS/c1-3-5-6-11(4-2)10-17-13-7-8-14-12(13)9-15(16)18-14/h9,11,13,17H,3-8,10H2,1-2H3. The average Bonchev–Trinajstić information content (AvgIpc) is 2.89. The maximum Gasteiger partial charge on any atom is 0.0934 e. The molecule has 0 aliphatic heterocycles. The second-order valence-electron chi connectivity index (χ2n) is 5.35. The number of rotatable bonds is 7. The van der Waals surface area contributed by atoms with Crippen molar-refractivity contribution in [1.29, 1.82) is 0 Å². The van der Waals surface area contributed by atoms with Crippen molar-refractivity contribution in [3.05, 3.63) is 20.8 Å². The van der Waals surface area contributed by atoms with Gasteiger partial charge in [0.2, 0.25) is 0 Å². The SMILES string of the molecule is CCCCC(CC)CNC1CCc2sc(Cl)cc21. The minimum atomic E-state index is 0.555. The molecule has 2 unspecified atom stereocenters. The average molecular weight is 286 g/mol. The Kier molecular flexibility index (Phi) is 5.53. The molecule has 0 aromatic carbocycles. The van der Waals surface area contributed by atoms with Gasteiger partial charge in [0.15, 0.2) is 0 Å². The highest BCUT2D eigenvalue weighted by atomic mass is 35.5. The third-order valence-electron chi connectivity index (χ3n) is 4.04. The van der Waals surface area contributed by atoms with Gasteiger partial charge in [-0.25, -0.2) is 0 Å². The van der Waals surface area contributed by atoms with E-state index in [0.717, 1.165) is 16.8 Å². The van der Waals surface area contributed by atoms with Crippen LogP contribution in [0.4, 0.5) is 0 Å². The van der Waals surface area contributed by atoms with Gasteiger partial charge in [0.25, 0.3) is 0 Å². The molecular formula is C15H24ClNS. The predicted molar refractivity (Wildman–Crippen MR) is 81.7 cm³/mol. The summed E-state index contributed by atoms with van der Waals surface area (Å²) in [4.78, 5) is 1.50. The Morgan fingerprint density at radius 3 is 3.06 bits per heavy atom. The van der Waals surface area contributed by atoms with E-state index in [1.54, 1.807) is 11.3 Å². The topological polar surface area (TPSA) is 12.0 Å². The van der Waals surface area contributed by atoms with Gasteiger partial charge in [0.05, 0.1) is 4.34 Å². The molecule has 3 heteroatoms. The Labute approximate surface area is 120 Å². The fourth-order valence-electron chi connectivity index (χ4n) is 2.79. The highest BCUT2D eigenvalue weighted by molar-refractivity contribution is 7.16. The predicted octanol–water partition coefficient (Wildman–Crippen LogP) is 5.19. The molecule has 18 heavy (non-hydrogen) atoms. The molecular weight excluding hydrogens is 262 g/mol. The van der Waals surface area contributed by atoms with E-state index in [2.05, 4.69) is 25.2 Å². The summed E-state index contributed by atoms with van der Waals surface area (Å²) < 4.78 is 0.949. The molecule has 0 bridgehead atoms. The van der Waals surface area contributed by atoms with Gasteiger partial charge in [-0.3, -0.25) is 0 Å². The Balaban J connectivity index is 1.83. The smallest absolute Gasteiger partial charge is 0.0934 e. The van der Waals surface area contributed by atoms with Crippen LogP contribution < -0.4 is 5.32 Å². The zero-order chi connectivity index (χ0) is 13.0. The minimum Gasteiger partial charge on any atom is -0.310 e. The number of unbranched alkanes of at least 4 members (excludes halogenated alkanes) is 1. The van der Waals surface area contributed by atoms with Gasteiger partial charge in [0, 0.05) is 10.9 Å². The molecule has 0 radical (unpaired) electrons. The summed E-state index contributed by atoms with van der Waals surface area (Å²) in [7, 11) is 0. The molecule has 1 aromatic rings. The van der Waals surface area contributed by atoms with E-state index in [0.29, 0.717) is 6.04 Å². The molecule has 1 aromatic heterocycles. The van der Waals surface area contributed by atoms with Crippen molar-refractivity contribution in [1.82, 2.24) is 5.32 Å². The molecule has 2 rings (SSSR count). The largest absolute Gasteiger partial charge is 0.310 e. The molecule has 0 amide bonds. The van der Waals surface area contributed by atoms with Crippen LogP contribution in [0.25, 0.3) is 0 Å². The first-order valence-corrected chi connectivity index (χ1v) is 8.45. The third kappa shape index (κ3) is 3.49. The summed E-state index contributed by atoms with van der Waals surface area (Å²) in [6.07, 6.45) is 7.78. The summed E-state index contributed by atoms with van der Waals surface area (Å²) in [5, 5.41) is 3.76. The first-order valence-electron chi connectivity index (χ1n) is 7.26. The monoisotopic (exact) mass is 285 g/mol. The summed E-state index contributed by atoms with van der Waals surface area (Å²) in [6.45, 7) is 5.74. The third-order valence-corrected chi connectivity index (χ3v) is 5.38. The molecule has 2 atom stereocenters. The van der Waals surface area contributed by atoms with Gasteiger partial charge < -0.3 is 5.32 Å². The van der Waals surface area contributed by atoms with Crippen molar-refractivity contribution in [3.8, 4) is 0 Å². The van der Waals surface area contributed by atoms with Crippen LogP contribution in [0.5, 0.6) is 0 Å². The number of fused-ring (bicyclic) bond motifs is 1. The number of aryl methyl sites for hydroxylation is 1. The number of thiophene rings is 1. The molecule has 1 aliphatic carbocycles. The van der Waals surface area contributed by atoms with E-state index < -0.39 is 0 Å². The van der Waals surface area contributed by atoms with Gasteiger partial charge in [-0.15, -0.1) is 11.3 Å². The van der Waals surface area contributed by atoms with E-state index in [9.17, 15) is 0 Å². The Morgan fingerprint density at radius 1 is 1.50 bits per heavy atom. The van der Waals surface area contributed by atoms with Crippen LogP contribution in [-0.2, 0) is 6.42 Å². The van der Waals surface area contributed by atoms with Crippen LogP contribution in [-0.4, -0.2) is 6.54 Å². The van der Waals surface area contributed by atoms with Crippen molar-refractivity contribution in [2.45, 2.75) is 58.4 Å². The summed E-state index contributed by atoms with van der Waals surface area (Å²) in [5.41, 5.74) is 1.47. The van der Waals surface area contributed by atoms with Crippen molar-refractivity contribution in [2.75, 3.05) is 6.54 Å². The van der Waals surface area contributed by atoms with E-state index >= 15 is 0 Å². The van der Waals surface area contributed by atoms with Crippen molar-refractivity contribution < 1.29 is 0 Å². The Bertz CT molecular complexity index is 375. The zero-order valence-electron chi connectivity index (χ0n) is 11.5. The van der Waals surface area contributed by atoms with Crippen LogP contribution >= 0.6 is 22.9 Å². The lowest BCUT2D eigenvalue weighted by Gasteiger charge is -2.19. The normalized spacial score (nSPS) is 20.1. The highest BCUT2D eigenvalue weighted by Crippen LogP contribution is 2.39. The van der Waals surface area contributed by atoms with E-state index in [1.807, 2.05) is 0 Å². The number of halogens is 1. The minimum absolute atomic E-state index is 0.555. The van der Waals surface area contributed by atoms with E-state index in [-0.39, 0.29) is 0 Å². The fraction of sp³-hybridized carbons (Fsp3) is 0.733. The first kappa shape index (κ1) is 14.4. The Morgan fingerprint density at radius 2 is 2.33 bits per heavy atom.